The number of carbonyl (C=O) groups excluding carboxylic acids is 2. The summed E-state index contributed by atoms with van der Waals surface area (Å²) in [5, 5.41) is 12.3. The number of nitrogens with zero attached hydrogens (tertiary/aromatic N) is 1. The summed E-state index contributed by atoms with van der Waals surface area (Å²) in [7, 11) is 0. The Labute approximate surface area is 160 Å². The SMILES string of the molecule is CCOC(=O)C(C(=O)NCc1ccccc1)C(c1ccccc1)C(C)C#N. The molecule has 0 saturated carbocycles. The molecule has 0 fully saturated rings. The molecular weight excluding hydrogens is 340 g/mol. The van der Waals surface area contributed by atoms with E-state index in [4.69, 9.17) is 4.74 Å². The number of hydrogen-bond donors (Lipinski definition) is 1. The molecule has 0 spiro atoms. The van der Waals surface area contributed by atoms with Crippen LogP contribution in [-0.2, 0) is 20.9 Å². The first-order valence-corrected chi connectivity index (χ1v) is 9.01. The molecule has 0 saturated heterocycles. The van der Waals surface area contributed by atoms with E-state index >= 15 is 0 Å². The monoisotopic (exact) mass is 364 g/mol. The second-order valence-electron chi connectivity index (χ2n) is 6.29. The Bertz CT molecular complexity index is 784. The van der Waals surface area contributed by atoms with Crippen LogP contribution >= 0.6 is 0 Å². The van der Waals surface area contributed by atoms with Crippen LogP contribution in [-0.4, -0.2) is 18.5 Å². The van der Waals surface area contributed by atoms with Crippen molar-refractivity contribution in [2.75, 3.05) is 6.61 Å². The average Bonchev–Trinajstić information content (AvgIpc) is 2.71. The second kappa shape index (κ2) is 10.1. The van der Waals surface area contributed by atoms with Crippen LogP contribution in [0.4, 0.5) is 0 Å². The number of hydrogen-bond acceptors (Lipinski definition) is 4. The fraction of sp³-hybridized carbons (Fsp3) is 0.318. The molecule has 0 heterocycles. The molecule has 0 aliphatic carbocycles. The van der Waals surface area contributed by atoms with Gasteiger partial charge < -0.3 is 10.1 Å². The molecular formula is C22H24N2O3. The van der Waals surface area contributed by atoms with Crippen LogP contribution in [0.5, 0.6) is 0 Å². The number of nitrogens with one attached hydrogen (secondary N) is 1. The molecule has 5 nitrogen and oxygen atoms in total. The number of carbonyl (C=O) groups is 2. The fourth-order valence-electron chi connectivity index (χ4n) is 3.07. The van der Waals surface area contributed by atoms with Gasteiger partial charge in [0.1, 0.15) is 5.92 Å². The first-order valence-electron chi connectivity index (χ1n) is 9.01. The summed E-state index contributed by atoms with van der Waals surface area (Å²) in [6, 6.07) is 20.8. The molecule has 1 N–H and O–H groups in total. The smallest absolute Gasteiger partial charge is 0.319 e. The van der Waals surface area contributed by atoms with Crippen molar-refractivity contribution in [2.45, 2.75) is 26.3 Å². The number of amides is 1. The maximum absolute atomic E-state index is 12.9. The zero-order valence-electron chi connectivity index (χ0n) is 15.6. The van der Waals surface area contributed by atoms with Crippen molar-refractivity contribution < 1.29 is 14.3 Å². The highest BCUT2D eigenvalue weighted by molar-refractivity contribution is 5.99. The van der Waals surface area contributed by atoms with Crippen molar-refractivity contribution in [2.24, 2.45) is 11.8 Å². The first-order chi connectivity index (χ1) is 13.1. The van der Waals surface area contributed by atoms with Crippen molar-refractivity contribution in [1.82, 2.24) is 5.32 Å². The van der Waals surface area contributed by atoms with E-state index in [0.29, 0.717) is 6.54 Å². The van der Waals surface area contributed by atoms with Crippen molar-refractivity contribution in [1.29, 1.82) is 5.26 Å². The largest absolute Gasteiger partial charge is 0.465 e. The zero-order chi connectivity index (χ0) is 19.6. The van der Waals surface area contributed by atoms with Gasteiger partial charge in [-0.2, -0.15) is 5.26 Å². The summed E-state index contributed by atoms with van der Waals surface area (Å²) < 4.78 is 5.17. The fourth-order valence-corrected chi connectivity index (χ4v) is 3.07. The topological polar surface area (TPSA) is 79.2 Å². The van der Waals surface area contributed by atoms with Gasteiger partial charge >= 0.3 is 5.97 Å². The molecule has 0 bridgehead atoms. The number of ether oxygens (including phenoxy) is 1. The Morgan fingerprint density at radius 3 is 2.22 bits per heavy atom. The minimum Gasteiger partial charge on any atom is -0.465 e. The van der Waals surface area contributed by atoms with E-state index in [0.717, 1.165) is 11.1 Å². The van der Waals surface area contributed by atoms with E-state index < -0.39 is 29.6 Å². The van der Waals surface area contributed by atoms with E-state index in [2.05, 4.69) is 11.4 Å². The predicted molar refractivity (Wildman–Crippen MR) is 102 cm³/mol. The lowest BCUT2D eigenvalue weighted by Gasteiger charge is -2.27. The molecule has 0 aliphatic heterocycles. The lowest BCUT2D eigenvalue weighted by atomic mass is 9.77. The lowest BCUT2D eigenvalue weighted by Crippen LogP contribution is -2.41. The molecule has 2 aromatic rings. The molecule has 5 heteroatoms. The minimum absolute atomic E-state index is 0.170. The third-order valence-electron chi connectivity index (χ3n) is 4.42. The summed E-state index contributed by atoms with van der Waals surface area (Å²) in [5.41, 5.74) is 1.69. The van der Waals surface area contributed by atoms with E-state index in [1.807, 2.05) is 60.7 Å². The molecule has 0 aliphatic rings. The van der Waals surface area contributed by atoms with Gasteiger partial charge in [0, 0.05) is 12.5 Å². The molecule has 27 heavy (non-hydrogen) atoms. The van der Waals surface area contributed by atoms with Gasteiger partial charge in [0.15, 0.2) is 0 Å². The van der Waals surface area contributed by atoms with Gasteiger partial charge in [-0.05, 0) is 25.0 Å². The summed E-state index contributed by atoms with van der Waals surface area (Å²) in [4.78, 5) is 25.6. The highest BCUT2D eigenvalue weighted by Crippen LogP contribution is 2.33. The van der Waals surface area contributed by atoms with Gasteiger partial charge in [-0.15, -0.1) is 0 Å². The quantitative estimate of drug-likeness (QED) is 0.575. The van der Waals surface area contributed by atoms with Gasteiger partial charge in [0.2, 0.25) is 5.91 Å². The average molecular weight is 364 g/mol. The van der Waals surface area contributed by atoms with Gasteiger partial charge in [0.25, 0.3) is 0 Å². The lowest BCUT2D eigenvalue weighted by molar-refractivity contribution is -0.153. The number of benzene rings is 2. The predicted octanol–water partition coefficient (Wildman–Crippen LogP) is 3.43. The summed E-state index contributed by atoms with van der Waals surface area (Å²) >= 11 is 0. The molecule has 140 valence electrons. The highest BCUT2D eigenvalue weighted by Gasteiger charge is 2.40. The van der Waals surface area contributed by atoms with E-state index in [-0.39, 0.29) is 6.61 Å². The Balaban J connectivity index is 2.31. The van der Waals surface area contributed by atoms with Crippen molar-refractivity contribution in [3.05, 3.63) is 71.8 Å². The van der Waals surface area contributed by atoms with Crippen molar-refractivity contribution in [3.63, 3.8) is 0 Å². The van der Waals surface area contributed by atoms with Gasteiger partial charge in [-0.1, -0.05) is 60.7 Å². The molecule has 0 aromatic heterocycles. The third kappa shape index (κ3) is 5.42. The Kier molecular flexibility index (Phi) is 7.57. The number of rotatable bonds is 8. The van der Waals surface area contributed by atoms with Crippen LogP contribution in [0.15, 0.2) is 60.7 Å². The minimum atomic E-state index is -1.09. The van der Waals surface area contributed by atoms with Gasteiger partial charge in [0.05, 0.1) is 18.6 Å². The Morgan fingerprint density at radius 1 is 1.07 bits per heavy atom. The molecule has 2 aromatic carbocycles. The Morgan fingerprint density at radius 2 is 1.67 bits per heavy atom. The van der Waals surface area contributed by atoms with Gasteiger partial charge in [-0.25, -0.2) is 0 Å². The van der Waals surface area contributed by atoms with Crippen LogP contribution in [0.25, 0.3) is 0 Å². The van der Waals surface area contributed by atoms with Crippen LogP contribution in [0.3, 0.4) is 0 Å². The molecule has 2 rings (SSSR count). The third-order valence-corrected chi connectivity index (χ3v) is 4.42. The van der Waals surface area contributed by atoms with Gasteiger partial charge in [-0.3, -0.25) is 9.59 Å². The maximum atomic E-state index is 12.9. The first kappa shape index (κ1) is 20.2. The summed E-state index contributed by atoms with van der Waals surface area (Å²) in [6.45, 7) is 3.89. The maximum Gasteiger partial charge on any atom is 0.319 e. The molecule has 1 amide bonds. The van der Waals surface area contributed by atoms with Crippen molar-refractivity contribution >= 4 is 11.9 Å². The van der Waals surface area contributed by atoms with Crippen LogP contribution in [0, 0.1) is 23.2 Å². The van der Waals surface area contributed by atoms with Crippen LogP contribution in [0.2, 0.25) is 0 Å². The van der Waals surface area contributed by atoms with Crippen LogP contribution in [0.1, 0.15) is 30.9 Å². The highest BCUT2D eigenvalue weighted by atomic mass is 16.5. The number of nitriles is 1. The number of esters is 1. The van der Waals surface area contributed by atoms with E-state index in [1.54, 1.807) is 13.8 Å². The van der Waals surface area contributed by atoms with E-state index in [9.17, 15) is 14.9 Å². The molecule has 0 radical (unpaired) electrons. The second-order valence-corrected chi connectivity index (χ2v) is 6.29. The zero-order valence-corrected chi connectivity index (χ0v) is 15.6. The normalized spacial score (nSPS) is 13.7. The molecule has 3 atom stereocenters. The molecule has 3 unspecified atom stereocenters. The standard InChI is InChI=1S/C22H24N2O3/c1-3-27-22(26)20(21(25)24-15-17-10-6-4-7-11-17)19(16(2)14-23)18-12-8-5-9-13-18/h4-13,16,19-20H,3,15H2,1-2H3,(H,24,25). The summed E-state index contributed by atoms with van der Waals surface area (Å²) in [6.07, 6.45) is 0. The van der Waals surface area contributed by atoms with Crippen molar-refractivity contribution in [3.8, 4) is 6.07 Å². The van der Waals surface area contributed by atoms with E-state index in [1.165, 1.54) is 0 Å². The summed E-state index contributed by atoms with van der Waals surface area (Å²) in [5.74, 6) is -3.27. The Hall–Kier alpha value is -3.13. The van der Waals surface area contributed by atoms with Crippen LogP contribution < -0.4 is 5.32 Å².